The van der Waals surface area contributed by atoms with Crippen LogP contribution < -0.4 is 16.0 Å². The maximum absolute atomic E-state index is 13.1. The van der Waals surface area contributed by atoms with Gasteiger partial charge >= 0.3 is 0 Å². The van der Waals surface area contributed by atoms with Crippen LogP contribution in [-0.4, -0.2) is 42.4 Å². The second kappa shape index (κ2) is 9.95. The lowest BCUT2D eigenvalue weighted by molar-refractivity contribution is -0.240. The van der Waals surface area contributed by atoms with E-state index in [-0.39, 0.29) is 11.3 Å². The van der Waals surface area contributed by atoms with Crippen LogP contribution in [0.1, 0.15) is 51.4 Å². The lowest BCUT2D eigenvalue weighted by Crippen LogP contribution is -2.47. The highest BCUT2D eigenvalue weighted by Gasteiger charge is 2.51. The Bertz CT molecular complexity index is 944. The van der Waals surface area contributed by atoms with Gasteiger partial charge in [0.2, 0.25) is 5.91 Å². The molecule has 4 aliphatic rings. The molecule has 2 aromatic rings. The number of carbonyl (C=O) groups is 1. The highest BCUT2D eigenvalue weighted by molar-refractivity contribution is 6.01. The third kappa shape index (κ3) is 5.31. The van der Waals surface area contributed by atoms with Gasteiger partial charge in [-0.25, -0.2) is 9.87 Å². The Morgan fingerprint density at radius 2 is 1.79 bits per heavy atom. The molecular formula is C26H36N4O3. The fourth-order valence-corrected chi connectivity index (χ4v) is 7.08. The van der Waals surface area contributed by atoms with Gasteiger partial charge in [-0.3, -0.25) is 10.1 Å². The number of anilines is 2. The number of amides is 1. The van der Waals surface area contributed by atoms with Gasteiger partial charge in [0.15, 0.2) is 0 Å². The van der Waals surface area contributed by atoms with Crippen molar-refractivity contribution in [3.63, 3.8) is 0 Å². The van der Waals surface area contributed by atoms with E-state index in [2.05, 4.69) is 20.8 Å². The number of nitrogens with zero attached hydrogens (tertiary/aromatic N) is 1. The molecule has 4 bridgehead atoms. The number of hydrogen-bond donors (Lipinski definition) is 4. The second-order valence-corrected chi connectivity index (χ2v) is 10.6. The molecule has 0 saturated heterocycles. The van der Waals surface area contributed by atoms with Gasteiger partial charge < -0.3 is 16.0 Å². The lowest BCUT2D eigenvalue weighted by atomic mass is 9.49. The zero-order chi connectivity index (χ0) is 22.7. The molecule has 0 atom stereocenters. The molecule has 7 heteroatoms. The summed E-state index contributed by atoms with van der Waals surface area (Å²) in [6, 6.07) is 9.96. The number of rotatable bonds is 11. The van der Waals surface area contributed by atoms with E-state index < -0.39 is 0 Å². The predicted octanol–water partition coefficient (Wildman–Crippen LogP) is 4.66. The van der Waals surface area contributed by atoms with Crippen LogP contribution in [0.5, 0.6) is 0 Å². The molecule has 6 rings (SSSR count). The standard InChI is InChI=1S/C26H36N4O3/c31-25(17-26-14-18-11-19(15-26)13-20(12-18)16-26)30-23-4-1-3-22-21(23)5-6-24(29-22)28-8-2-7-27-9-10-33-32/h1,3-6,18-20,27,32H,2,7-17H2,(H,28,29)(H,30,31). The quantitative estimate of drug-likeness (QED) is 0.225. The molecule has 178 valence electrons. The first kappa shape index (κ1) is 22.6. The van der Waals surface area contributed by atoms with Gasteiger partial charge in [-0.15, -0.1) is 0 Å². The molecule has 1 aromatic carbocycles. The van der Waals surface area contributed by atoms with Crippen molar-refractivity contribution in [2.45, 2.75) is 51.4 Å². The maximum atomic E-state index is 13.1. The predicted molar refractivity (Wildman–Crippen MR) is 130 cm³/mol. The van der Waals surface area contributed by atoms with Crippen molar-refractivity contribution in [2.24, 2.45) is 23.2 Å². The Morgan fingerprint density at radius 1 is 1.03 bits per heavy atom. The van der Waals surface area contributed by atoms with E-state index in [1.54, 1.807) is 0 Å². The third-order valence-electron chi connectivity index (χ3n) is 7.91. The summed E-state index contributed by atoms with van der Waals surface area (Å²) in [7, 11) is 0. The average molecular weight is 453 g/mol. The molecule has 33 heavy (non-hydrogen) atoms. The summed E-state index contributed by atoms with van der Waals surface area (Å²) >= 11 is 0. The Kier molecular flexibility index (Phi) is 6.81. The monoisotopic (exact) mass is 452 g/mol. The summed E-state index contributed by atoms with van der Waals surface area (Å²) in [5, 5.41) is 19.1. The van der Waals surface area contributed by atoms with Crippen molar-refractivity contribution in [2.75, 3.05) is 36.9 Å². The minimum atomic E-state index is 0.158. The largest absolute Gasteiger partial charge is 0.370 e. The number of fused-ring (bicyclic) bond motifs is 1. The fourth-order valence-electron chi connectivity index (χ4n) is 7.08. The summed E-state index contributed by atoms with van der Waals surface area (Å²) in [6.07, 6.45) is 9.57. The molecular weight excluding hydrogens is 416 g/mol. The molecule has 4 aliphatic carbocycles. The summed E-state index contributed by atoms with van der Waals surface area (Å²) in [5.41, 5.74) is 1.99. The van der Waals surface area contributed by atoms with Crippen molar-refractivity contribution < 1.29 is 14.9 Å². The van der Waals surface area contributed by atoms with E-state index in [4.69, 9.17) is 10.2 Å². The van der Waals surface area contributed by atoms with Crippen molar-refractivity contribution in [1.82, 2.24) is 10.3 Å². The number of pyridine rings is 1. The highest BCUT2D eigenvalue weighted by Crippen LogP contribution is 2.61. The van der Waals surface area contributed by atoms with Crippen LogP contribution in [0.15, 0.2) is 30.3 Å². The fraction of sp³-hybridized carbons (Fsp3) is 0.615. The Hall–Kier alpha value is -2.22. The lowest BCUT2D eigenvalue weighted by Gasteiger charge is -2.56. The summed E-state index contributed by atoms with van der Waals surface area (Å²) in [4.78, 5) is 21.9. The van der Waals surface area contributed by atoms with E-state index in [1.807, 2.05) is 30.3 Å². The Labute approximate surface area is 195 Å². The molecule has 1 heterocycles. The van der Waals surface area contributed by atoms with E-state index in [0.29, 0.717) is 19.6 Å². The highest BCUT2D eigenvalue weighted by atomic mass is 17.1. The molecule has 0 aliphatic heterocycles. The number of benzene rings is 1. The van der Waals surface area contributed by atoms with Crippen molar-refractivity contribution in [3.8, 4) is 0 Å². The van der Waals surface area contributed by atoms with Crippen LogP contribution >= 0.6 is 0 Å². The maximum Gasteiger partial charge on any atom is 0.224 e. The number of nitrogens with one attached hydrogen (secondary N) is 3. The smallest absolute Gasteiger partial charge is 0.224 e. The molecule has 0 unspecified atom stereocenters. The first-order chi connectivity index (χ1) is 16.1. The molecule has 0 radical (unpaired) electrons. The van der Waals surface area contributed by atoms with Gasteiger partial charge in [0, 0.05) is 24.9 Å². The van der Waals surface area contributed by atoms with Crippen molar-refractivity contribution >= 4 is 28.3 Å². The zero-order valence-corrected chi connectivity index (χ0v) is 19.3. The van der Waals surface area contributed by atoms with Gasteiger partial charge in [-0.05, 0) is 98.9 Å². The summed E-state index contributed by atoms with van der Waals surface area (Å²) in [6.45, 7) is 2.56. The van der Waals surface area contributed by atoms with E-state index in [9.17, 15) is 4.79 Å². The first-order valence-corrected chi connectivity index (χ1v) is 12.5. The van der Waals surface area contributed by atoms with Crippen LogP contribution in [0.2, 0.25) is 0 Å². The minimum Gasteiger partial charge on any atom is -0.370 e. The van der Waals surface area contributed by atoms with Crippen LogP contribution in [0, 0.1) is 23.2 Å². The van der Waals surface area contributed by atoms with Gasteiger partial charge in [0.05, 0.1) is 17.8 Å². The van der Waals surface area contributed by atoms with Gasteiger partial charge in [0.1, 0.15) is 5.82 Å². The SMILES string of the molecule is O=C(CC12CC3CC(CC(C3)C1)C2)Nc1cccc2nc(NCCCNCCOO)ccc12. The van der Waals surface area contributed by atoms with Gasteiger partial charge in [-0.2, -0.15) is 0 Å². The molecule has 0 spiro atoms. The van der Waals surface area contributed by atoms with Gasteiger partial charge in [0.25, 0.3) is 0 Å². The van der Waals surface area contributed by atoms with Gasteiger partial charge in [-0.1, -0.05) is 6.07 Å². The van der Waals surface area contributed by atoms with E-state index in [1.165, 1.54) is 38.5 Å². The third-order valence-corrected chi connectivity index (χ3v) is 7.91. The minimum absolute atomic E-state index is 0.158. The summed E-state index contributed by atoms with van der Waals surface area (Å²) < 4.78 is 0. The zero-order valence-electron chi connectivity index (χ0n) is 19.3. The van der Waals surface area contributed by atoms with E-state index >= 15 is 0 Å². The van der Waals surface area contributed by atoms with Crippen LogP contribution in [0.4, 0.5) is 11.5 Å². The van der Waals surface area contributed by atoms with Crippen molar-refractivity contribution in [3.05, 3.63) is 30.3 Å². The van der Waals surface area contributed by atoms with Crippen LogP contribution in [0.25, 0.3) is 10.9 Å². The van der Waals surface area contributed by atoms with Crippen LogP contribution in [-0.2, 0) is 9.68 Å². The number of aromatic nitrogens is 1. The molecule has 7 nitrogen and oxygen atoms in total. The second-order valence-electron chi connectivity index (χ2n) is 10.6. The average Bonchev–Trinajstić information content (AvgIpc) is 2.77. The summed E-state index contributed by atoms with van der Waals surface area (Å²) in [5.74, 6) is 3.58. The molecule has 4 N–H and O–H groups in total. The van der Waals surface area contributed by atoms with Crippen molar-refractivity contribution in [1.29, 1.82) is 0 Å². The van der Waals surface area contributed by atoms with Crippen LogP contribution in [0.3, 0.4) is 0 Å². The molecule has 1 amide bonds. The Balaban J connectivity index is 1.17. The molecule has 4 fully saturated rings. The molecule has 1 aromatic heterocycles. The normalized spacial score (nSPS) is 27.7. The van der Waals surface area contributed by atoms with E-state index in [0.717, 1.165) is 59.7 Å². The first-order valence-electron chi connectivity index (χ1n) is 12.5. The number of hydrogen-bond acceptors (Lipinski definition) is 6. The Morgan fingerprint density at radius 3 is 2.52 bits per heavy atom. The number of carbonyl (C=O) groups excluding carboxylic acids is 1. The topological polar surface area (TPSA) is 95.5 Å². The molecule has 4 saturated carbocycles.